The topological polar surface area (TPSA) is 86.7 Å². The van der Waals surface area contributed by atoms with Crippen molar-refractivity contribution in [2.24, 2.45) is 0 Å². The molecule has 0 spiro atoms. The first-order valence-electron chi connectivity index (χ1n) is 10.9. The molecule has 30 heavy (non-hydrogen) atoms. The van der Waals surface area contributed by atoms with Crippen molar-refractivity contribution >= 4 is 47.0 Å². The normalized spacial score (nSPS) is 12.8. The predicted octanol–water partition coefficient (Wildman–Crippen LogP) is 4.62. The summed E-state index contributed by atoms with van der Waals surface area (Å²) in [5.74, 6) is 0.0600. The second-order valence-electron chi connectivity index (χ2n) is 7.38. The smallest absolute Gasteiger partial charge is 0.316 e. The zero-order valence-corrected chi connectivity index (χ0v) is 20.5. The first-order chi connectivity index (χ1) is 14.3. The molecule has 0 bridgehead atoms. The molecule has 0 aliphatic carbocycles. The van der Waals surface area contributed by atoms with Gasteiger partial charge in [0.1, 0.15) is 24.8 Å². The van der Waals surface area contributed by atoms with Crippen molar-refractivity contribution in [3.8, 4) is 0 Å². The molecule has 0 radical (unpaired) electrons. The molecule has 0 saturated carbocycles. The predicted molar refractivity (Wildman–Crippen MR) is 124 cm³/mol. The van der Waals surface area contributed by atoms with E-state index in [9.17, 15) is 19.2 Å². The summed E-state index contributed by atoms with van der Waals surface area (Å²) in [6.07, 6.45) is 5.96. The molecule has 0 rings (SSSR count). The van der Waals surface area contributed by atoms with Gasteiger partial charge in [-0.15, -0.1) is 23.5 Å². The number of Topliss-reactive ketones (excluding diaryl/α,β-unsaturated/α-hetero) is 2. The van der Waals surface area contributed by atoms with Gasteiger partial charge in [-0.2, -0.15) is 0 Å². The minimum atomic E-state index is -0.377. The number of carbonyl (C=O) groups excluding carboxylic acids is 4. The Morgan fingerprint density at radius 2 is 1.07 bits per heavy atom. The van der Waals surface area contributed by atoms with Crippen LogP contribution in [0.2, 0.25) is 0 Å². The standard InChI is InChI=1S/C22H38O6S2/c1-5-7-9-19(23)13-17(3)29-15-21(25)27-11-12-28-22(26)16-30-18(4)14-20(24)10-8-6-2/h17-18H,5-16H2,1-4H3. The molecule has 0 amide bonds. The Labute approximate surface area is 190 Å². The molecule has 0 aliphatic rings. The summed E-state index contributed by atoms with van der Waals surface area (Å²) in [4.78, 5) is 46.9. The number of ketones is 2. The Hall–Kier alpha value is -1.02. The summed E-state index contributed by atoms with van der Waals surface area (Å²) in [5.41, 5.74) is 0. The van der Waals surface area contributed by atoms with Crippen molar-refractivity contribution in [3.05, 3.63) is 0 Å². The third-order valence-electron chi connectivity index (χ3n) is 4.23. The lowest BCUT2D eigenvalue weighted by molar-refractivity contribution is -0.148. The summed E-state index contributed by atoms with van der Waals surface area (Å²) in [7, 11) is 0. The molecule has 0 aromatic carbocycles. The molecular weight excluding hydrogens is 424 g/mol. The van der Waals surface area contributed by atoms with Gasteiger partial charge in [0.2, 0.25) is 0 Å². The van der Waals surface area contributed by atoms with Crippen LogP contribution in [0.3, 0.4) is 0 Å². The van der Waals surface area contributed by atoms with E-state index in [1.54, 1.807) is 0 Å². The maximum absolute atomic E-state index is 11.7. The number of rotatable bonds is 19. The van der Waals surface area contributed by atoms with E-state index in [1.165, 1.54) is 23.5 Å². The highest BCUT2D eigenvalue weighted by Crippen LogP contribution is 2.17. The fourth-order valence-corrected chi connectivity index (χ4v) is 4.14. The van der Waals surface area contributed by atoms with E-state index >= 15 is 0 Å². The largest absolute Gasteiger partial charge is 0.461 e. The first kappa shape index (κ1) is 29.0. The van der Waals surface area contributed by atoms with Crippen LogP contribution < -0.4 is 0 Å². The van der Waals surface area contributed by atoms with Gasteiger partial charge in [0, 0.05) is 36.2 Å². The summed E-state index contributed by atoms with van der Waals surface area (Å²) < 4.78 is 10.1. The van der Waals surface area contributed by atoms with Crippen LogP contribution in [0.4, 0.5) is 0 Å². The van der Waals surface area contributed by atoms with Crippen LogP contribution in [0.1, 0.15) is 79.1 Å². The Balaban J connectivity index is 3.75. The summed E-state index contributed by atoms with van der Waals surface area (Å²) in [6, 6.07) is 0. The summed E-state index contributed by atoms with van der Waals surface area (Å²) in [5, 5.41) is 0.153. The Morgan fingerprint density at radius 3 is 1.40 bits per heavy atom. The average Bonchev–Trinajstić information content (AvgIpc) is 2.70. The van der Waals surface area contributed by atoms with Crippen LogP contribution in [0, 0.1) is 0 Å². The molecule has 174 valence electrons. The highest BCUT2D eigenvalue weighted by atomic mass is 32.2. The van der Waals surface area contributed by atoms with Gasteiger partial charge in [-0.25, -0.2) is 0 Å². The van der Waals surface area contributed by atoms with Crippen LogP contribution in [0.15, 0.2) is 0 Å². The first-order valence-corrected chi connectivity index (χ1v) is 13.0. The number of thioether (sulfide) groups is 2. The third-order valence-corrected chi connectivity index (χ3v) is 6.51. The van der Waals surface area contributed by atoms with E-state index in [1.807, 2.05) is 13.8 Å². The van der Waals surface area contributed by atoms with Gasteiger partial charge in [0.15, 0.2) is 0 Å². The van der Waals surface area contributed by atoms with Crippen LogP contribution in [-0.4, -0.2) is 58.7 Å². The zero-order chi connectivity index (χ0) is 22.8. The lowest BCUT2D eigenvalue weighted by Crippen LogP contribution is -2.18. The molecule has 8 heteroatoms. The third kappa shape index (κ3) is 17.8. The van der Waals surface area contributed by atoms with Crippen LogP contribution in [-0.2, 0) is 28.7 Å². The van der Waals surface area contributed by atoms with Crippen molar-refractivity contribution < 1.29 is 28.7 Å². The van der Waals surface area contributed by atoms with E-state index in [-0.39, 0.29) is 58.7 Å². The fourth-order valence-electron chi connectivity index (χ4n) is 2.53. The lowest BCUT2D eigenvalue weighted by Gasteiger charge is -2.11. The average molecular weight is 463 g/mol. The second kappa shape index (κ2) is 18.7. The highest BCUT2D eigenvalue weighted by Gasteiger charge is 2.14. The zero-order valence-electron chi connectivity index (χ0n) is 18.9. The lowest BCUT2D eigenvalue weighted by atomic mass is 10.1. The van der Waals surface area contributed by atoms with E-state index in [4.69, 9.17) is 9.47 Å². The maximum atomic E-state index is 11.7. The van der Waals surface area contributed by atoms with E-state index in [0.717, 1.165) is 25.7 Å². The van der Waals surface area contributed by atoms with E-state index in [2.05, 4.69) is 13.8 Å². The molecule has 2 atom stereocenters. The van der Waals surface area contributed by atoms with E-state index < -0.39 is 0 Å². The number of unbranched alkanes of at least 4 members (excludes halogenated alkanes) is 2. The molecule has 6 nitrogen and oxygen atoms in total. The molecule has 0 saturated heterocycles. The molecule has 0 fully saturated rings. The molecule has 2 unspecified atom stereocenters. The van der Waals surface area contributed by atoms with Gasteiger partial charge >= 0.3 is 11.9 Å². The van der Waals surface area contributed by atoms with E-state index in [0.29, 0.717) is 25.7 Å². The molecular formula is C22H38O6S2. The summed E-state index contributed by atoms with van der Waals surface area (Å²) >= 11 is 2.79. The van der Waals surface area contributed by atoms with Crippen LogP contribution in [0.25, 0.3) is 0 Å². The van der Waals surface area contributed by atoms with Gasteiger partial charge in [-0.05, 0) is 12.8 Å². The van der Waals surface area contributed by atoms with Crippen LogP contribution >= 0.6 is 23.5 Å². The SMILES string of the molecule is CCCCC(=O)CC(C)SCC(=O)OCCOC(=O)CSC(C)CC(=O)CCCC. The quantitative estimate of drug-likeness (QED) is 0.203. The fraction of sp³-hybridized carbons (Fsp3) is 0.818. The number of ether oxygens (including phenoxy) is 2. The van der Waals surface area contributed by atoms with Gasteiger partial charge in [0.05, 0.1) is 11.5 Å². The van der Waals surface area contributed by atoms with Gasteiger partial charge < -0.3 is 9.47 Å². The van der Waals surface area contributed by atoms with Crippen molar-refractivity contribution in [1.82, 2.24) is 0 Å². The van der Waals surface area contributed by atoms with Crippen molar-refractivity contribution in [2.75, 3.05) is 24.7 Å². The Kier molecular flexibility index (Phi) is 18.1. The molecule has 0 aliphatic heterocycles. The summed E-state index contributed by atoms with van der Waals surface area (Å²) in [6.45, 7) is 8.00. The van der Waals surface area contributed by atoms with Crippen molar-refractivity contribution in [3.63, 3.8) is 0 Å². The Bertz CT molecular complexity index is 478. The Morgan fingerprint density at radius 1 is 0.700 bits per heavy atom. The maximum Gasteiger partial charge on any atom is 0.316 e. The monoisotopic (exact) mass is 462 g/mol. The van der Waals surface area contributed by atoms with Gasteiger partial charge in [0.25, 0.3) is 0 Å². The number of esters is 2. The number of hydrogen-bond donors (Lipinski definition) is 0. The molecule has 0 N–H and O–H groups in total. The van der Waals surface area contributed by atoms with Crippen molar-refractivity contribution in [2.45, 2.75) is 89.6 Å². The molecule has 0 aromatic rings. The minimum absolute atomic E-state index is 0.0185. The molecule has 0 heterocycles. The number of hydrogen-bond acceptors (Lipinski definition) is 8. The molecule has 0 aromatic heterocycles. The van der Waals surface area contributed by atoms with Crippen LogP contribution in [0.5, 0.6) is 0 Å². The van der Waals surface area contributed by atoms with Gasteiger partial charge in [-0.1, -0.05) is 40.5 Å². The van der Waals surface area contributed by atoms with Crippen molar-refractivity contribution in [1.29, 1.82) is 0 Å². The second-order valence-corrected chi connectivity index (χ2v) is 10.2. The number of carbonyl (C=O) groups is 4. The highest BCUT2D eigenvalue weighted by molar-refractivity contribution is 8.00. The minimum Gasteiger partial charge on any atom is -0.461 e. The van der Waals surface area contributed by atoms with Gasteiger partial charge in [-0.3, -0.25) is 19.2 Å².